The van der Waals surface area contributed by atoms with Crippen molar-refractivity contribution in [2.24, 2.45) is 5.92 Å². The molecule has 0 saturated carbocycles. The maximum absolute atomic E-state index is 13.0. The lowest BCUT2D eigenvalue weighted by Gasteiger charge is -2.22. The van der Waals surface area contributed by atoms with E-state index in [0.29, 0.717) is 5.69 Å². The number of carbonyl (C=O) groups is 1. The smallest absolute Gasteiger partial charge is 0.228 e. The molecule has 0 aliphatic carbocycles. The van der Waals surface area contributed by atoms with E-state index >= 15 is 0 Å². The molecule has 3 nitrogen and oxygen atoms in total. The number of carbonyl (C=O) groups excluding carboxylic acids is 1. The van der Waals surface area contributed by atoms with Gasteiger partial charge in [0.25, 0.3) is 0 Å². The molecule has 1 aromatic rings. The summed E-state index contributed by atoms with van der Waals surface area (Å²) >= 11 is 5.68. The Balaban J connectivity index is 2.37. The number of hydrogen-bond acceptors (Lipinski definition) is 2. The number of benzene rings is 1. The molecule has 88 valence electrons. The molecular formula is C12H10ClFN2O. The van der Waals surface area contributed by atoms with Gasteiger partial charge in [0, 0.05) is 12.1 Å². The molecule has 1 saturated heterocycles. The third-order valence-corrected chi connectivity index (χ3v) is 3.29. The molecule has 1 aliphatic rings. The number of rotatable bonds is 1. The molecule has 1 fully saturated rings. The Morgan fingerprint density at radius 2 is 2.29 bits per heavy atom. The Labute approximate surface area is 103 Å². The normalized spacial score (nSPS) is 23.9. The van der Waals surface area contributed by atoms with E-state index < -0.39 is 5.82 Å². The number of amides is 1. The van der Waals surface area contributed by atoms with Gasteiger partial charge in [-0.2, -0.15) is 5.26 Å². The molecule has 2 atom stereocenters. The van der Waals surface area contributed by atoms with Gasteiger partial charge in [-0.25, -0.2) is 4.39 Å². The van der Waals surface area contributed by atoms with Crippen molar-refractivity contribution in [1.82, 2.24) is 0 Å². The minimum atomic E-state index is -0.522. The van der Waals surface area contributed by atoms with Crippen molar-refractivity contribution in [2.45, 2.75) is 19.4 Å². The molecule has 1 aromatic carbocycles. The van der Waals surface area contributed by atoms with Gasteiger partial charge in [0.2, 0.25) is 5.91 Å². The molecule has 1 amide bonds. The van der Waals surface area contributed by atoms with Crippen molar-refractivity contribution in [3.8, 4) is 6.07 Å². The van der Waals surface area contributed by atoms with Crippen molar-refractivity contribution in [3.05, 3.63) is 29.0 Å². The van der Waals surface area contributed by atoms with Crippen molar-refractivity contribution >= 4 is 23.2 Å². The second-order valence-electron chi connectivity index (χ2n) is 4.04. The Hall–Kier alpha value is -1.60. The van der Waals surface area contributed by atoms with E-state index in [2.05, 4.69) is 6.07 Å². The van der Waals surface area contributed by atoms with E-state index in [1.54, 1.807) is 6.92 Å². The van der Waals surface area contributed by atoms with E-state index in [1.807, 2.05) is 0 Å². The van der Waals surface area contributed by atoms with Crippen LogP contribution in [0.5, 0.6) is 0 Å². The zero-order chi connectivity index (χ0) is 12.6. The van der Waals surface area contributed by atoms with E-state index in [-0.39, 0.29) is 29.3 Å². The van der Waals surface area contributed by atoms with Gasteiger partial charge < -0.3 is 4.90 Å². The standard InChI is InChI=1S/C12H10ClFN2O/c1-7-8(6-15)4-12(17)16(7)9-2-3-11(14)10(13)5-9/h2-3,5,7-8H,4H2,1H3. The number of nitriles is 1. The fourth-order valence-corrected chi connectivity index (χ4v) is 2.21. The average Bonchev–Trinajstić information content (AvgIpc) is 2.58. The molecule has 0 aromatic heterocycles. The molecule has 1 aliphatic heterocycles. The van der Waals surface area contributed by atoms with Crippen molar-refractivity contribution in [2.75, 3.05) is 4.90 Å². The first-order valence-electron chi connectivity index (χ1n) is 5.21. The third kappa shape index (κ3) is 1.98. The van der Waals surface area contributed by atoms with Crippen LogP contribution < -0.4 is 4.90 Å². The lowest BCUT2D eigenvalue weighted by Crippen LogP contribution is -2.32. The number of nitrogens with zero attached hydrogens (tertiary/aromatic N) is 2. The molecular weight excluding hydrogens is 243 g/mol. The number of halogens is 2. The van der Waals surface area contributed by atoms with Crippen LogP contribution in [0.25, 0.3) is 0 Å². The van der Waals surface area contributed by atoms with Gasteiger partial charge >= 0.3 is 0 Å². The summed E-state index contributed by atoms with van der Waals surface area (Å²) in [4.78, 5) is 13.3. The van der Waals surface area contributed by atoms with Gasteiger partial charge in [0.1, 0.15) is 5.82 Å². The second kappa shape index (κ2) is 4.34. The van der Waals surface area contributed by atoms with E-state index in [0.717, 1.165) is 0 Å². The van der Waals surface area contributed by atoms with Gasteiger partial charge in [-0.05, 0) is 25.1 Å². The Morgan fingerprint density at radius 1 is 1.59 bits per heavy atom. The van der Waals surface area contributed by atoms with Crippen molar-refractivity contribution in [1.29, 1.82) is 5.26 Å². The predicted octanol–water partition coefficient (Wildman–Crippen LogP) is 2.74. The second-order valence-corrected chi connectivity index (χ2v) is 4.45. The molecule has 0 bridgehead atoms. The molecule has 2 unspecified atom stereocenters. The summed E-state index contributed by atoms with van der Waals surface area (Å²) in [6, 6.07) is 6.01. The van der Waals surface area contributed by atoms with Crippen molar-refractivity contribution < 1.29 is 9.18 Å². The highest BCUT2D eigenvalue weighted by Crippen LogP contribution is 2.32. The Bertz CT molecular complexity index is 512. The van der Waals surface area contributed by atoms with Crippen LogP contribution in [-0.4, -0.2) is 11.9 Å². The van der Waals surface area contributed by atoms with Gasteiger partial charge in [-0.15, -0.1) is 0 Å². The fourth-order valence-electron chi connectivity index (χ4n) is 2.03. The predicted molar refractivity (Wildman–Crippen MR) is 62.1 cm³/mol. The SMILES string of the molecule is CC1C(C#N)CC(=O)N1c1ccc(F)c(Cl)c1. The lowest BCUT2D eigenvalue weighted by molar-refractivity contribution is -0.117. The quantitative estimate of drug-likeness (QED) is 0.771. The maximum Gasteiger partial charge on any atom is 0.228 e. The molecule has 0 N–H and O–H groups in total. The van der Waals surface area contributed by atoms with Gasteiger partial charge in [-0.1, -0.05) is 11.6 Å². The van der Waals surface area contributed by atoms with E-state index in [9.17, 15) is 9.18 Å². The summed E-state index contributed by atoms with van der Waals surface area (Å²) in [5.74, 6) is -0.982. The zero-order valence-electron chi connectivity index (χ0n) is 9.15. The van der Waals surface area contributed by atoms with Crippen LogP contribution in [0.2, 0.25) is 5.02 Å². The summed E-state index contributed by atoms with van der Waals surface area (Å²) in [6.07, 6.45) is 0.201. The molecule has 0 spiro atoms. The average molecular weight is 253 g/mol. The molecule has 17 heavy (non-hydrogen) atoms. The lowest BCUT2D eigenvalue weighted by atomic mass is 10.0. The largest absolute Gasteiger partial charge is 0.308 e. The summed E-state index contributed by atoms with van der Waals surface area (Å²) in [5.41, 5.74) is 0.534. The Kier molecular flexibility index (Phi) is 3.03. The fraction of sp³-hybridized carbons (Fsp3) is 0.333. The number of hydrogen-bond donors (Lipinski definition) is 0. The first kappa shape index (κ1) is 11.9. The van der Waals surface area contributed by atoms with Crippen LogP contribution in [0.4, 0.5) is 10.1 Å². The topological polar surface area (TPSA) is 44.1 Å². The van der Waals surface area contributed by atoms with Crippen LogP contribution in [-0.2, 0) is 4.79 Å². The summed E-state index contributed by atoms with van der Waals surface area (Å²) < 4.78 is 13.0. The highest BCUT2D eigenvalue weighted by atomic mass is 35.5. The Morgan fingerprint density at radius 3 is 2.82 bits per heavy atom. The van der Waals surface area contributed by atoms with E-state index in [4.69, 9.17) is 16.9 Å². The third-order valence-electron chi connectivity index (χ3n) is 3.00. The summed E-state index contributed by atoms with van der Waals surface area (Å²) in [6.45, 7) is 1.80. The van der Waals surface area contributed by atoms with Crippen LogP contribution in [0, 0.1) is 23.1 Å². The van der Waals surface area contributed by atoms with Crippen LogP contribution >= 0.6 is 11.6 Å². The van der Waals surface area contributed by atoms with Gasteiger partial charge in [0.05, 0.1) is 23.1 Å². The number of anilines is 1. The minimum Gasteiger partial charge on any atom is -0.308 e. The van der Waals surface area contributed by atoms with Crippen LogP contribution in [0.1, 0.15) is 13.3 Å². The first-order valence-corrected chi connectivity index (χ1v) is 5.59. The minimum absolute atomic E-state index is 0.0251. The zero-order valence-corrected chi connectivity index (χ0v) is 9.91. The summed E-state index contributed by atoms with van der Waals surface area (Å²) in [7, 11) is 0. The van der Waals surface area contributed by atoms with Gasteiger partial charge in [-0.3, -0.25) is 4.79 Å². The van der Waals surface area contributed by atoms with Crippen molar-refractivity contribution in [3.63, 3.8) is 0 Å². The maximum atomic E-state index is 13.0. The summed E-state index contributed by atoms with van der Waals surface area (Å²) in [5, 5.41) is 8.88. The van der Waals surface area contributed by atoms with E-state index in [1.165, 1.54) is 23.1 Å². The highest BCUT2D eigenvalue weighted by Gasteiger charge is 2.37. The molecule has 0 radical (unpaired) electrons. The monoisotopic (exact) mass is 252 g/mol. The molecule has 2 rings (SSSR count). The molecule has 1 heterocycles. The first-order chi connectivity index (χ1) is 8.04. The highest BCUT2D eigenvalue weighted by molar-refractivity contribution is 6.31. The van der Waals surface area contributed by atoms with Crippen LogP contribution in [0.15, 0.2) is 18.2 Å². The van der Waals surface area contributed by atoms with Gasteiger partial charge in [0.15, 0.2) is 0 Å². The molecule has 5 heteroatoms. The van der Waals surface area contributed by atoms with Crippen LogP contribution in [0.3, 0.4) is 0 Å².